The van der Waals surface area contributed by atoms with Crippen LogP contribution in [0.1, 0.15) is 17.3 Å². The van der Waals surface area contributed by atoms with Crippen LogP contribution < -0.4 is 15.8 Å². The first-order valence-electron chi connectivity index (χ1n) is 8.07. The van der Waals surface area contributed by atoms with E-state index in [1.165, 1.54) is 6.33 Å². The average Bonchev–Trinajstić information content (AvgIpc) is 2.62. The van der Waals surface area contributed by atoms with Crippen LogP contribution in [-0.2, 0) is 6.54 Å². The molecule has 6 heteroatoms. The lowest BCUT2D eigenvalue weighted by atomic mass is 10.1. The van der Waals surface area contributed by atoms with Crippen LogP contribution in [0.3, 0.4) is 0 Å². The maximum Gasteiger partial charge on any atom is 0.261 e. The van der Waals surface area contributed by atoms with Gasteiger partial charge in [-0.1, -0.05) is 0 Å². The predicted octanol–water partition coefficient (Wildman–Crippen LogP) is 2.73. The maximum absolute atomic E-state index is 12.4. The van der Waals surface area contributed by atoms with E-state index in [-0.39, 0.29) is 11.5 Å². The van der Waals surface area contributed by atoms with Gasteiger partial charge in [-0.25, -0.2) is 4.98 Å². The molecule has 1 amide bonds. The fraction of sp³-hybridized carbons (Fsp3) is 0.211. The first-order chi connectivity index (χ1) is 12.0. The summed E-state index contributed by atoms with van der Waals surface area (Å²) in [6.07, 6.45) is 1.52. The van der Waals surface area contributed by atoms with E-state index in [9.17, 15) is 9.59 Å². The summed E-state index contributed by atoms with van der Waals surface area (Å²) in [6, 6.07) is 12.5. The number of carbonyl (C=O) groups is 1. The number of nitrogens with zero attached hydrogens (tertiary/aromatic N) is 3. The van der Waals surface area contributed by atoms with Crippen molar-refractivity contribution in [2.45, 2.75) is 13.5 Å². The number of hydrogen-bond donors (Lipinski definition) is 1. The molecule has 1 heterocycles. The number of carbonyl (C=O) groups excluding carboxylic acids is 1. The van der Waals surface area contributed by atoms with Gasteiger partial charge in [0.15, 0.2) is 0 Å². The van der Waals surface area contributed by atoms with Gasteiger partial charge in [-0.05, 0) is 49.4 Å². The highest BCUT2D eigenvalue weighted by Gasteiger charge is 2.09. The van der Waals surface area contributed by atoms with E-state index >= 15 is 0 Å². The van der Waals surface area contributed by atoms with Crippen LogP contribution in [0.25, 0.3) is 10.9 Å². The molecule has 0 spiro atoms. The smallest absolute Gasteiger partial charge is 0.261 e. The van der Waals surface area contributed by atoms with Crippen molar-refractivity contribution in [1.29, 1.82) is 0 Å². The summed E-state index contributed by atoms with van der Waals surface area (Å²) in [5, 5.41) is 3.39. The summed E-state index contributed by atoms with van der Waals surface area (Å²) in [4.78, 5) is 30.9. The molecule has 1 N–H and O–H groups in total. The van der Waals surface area contributed by atoms with E-state index in [0.29, 0.717) is 28.7 Å². The van der Waals surface area contributed by atoms with Gasteiger partial charge in [0.1, 0.15) is 0 Å². The Labute approximate surface area is 145 Å². The van der Waals surface area contributed by atoms with Crippen molar-refractivity contribution < 1.29 is 4.79 Å². The molecule has 6 nitrogen and oxygen atoms in total. The van der Waals surface area contributed by atoms with Crippen molar-refractivity contribution in [2.75, 3.05) is 24.3 Å². The molecular formula is C19H20N4O2. The molecule has 0 fully saturated rings. The molecule has 0 saturated heterocycles. The molecule has 128 valence electrons. The number of fused-ring (bicyclic) bond motifs is 1. The summed E-state index contributed by atoms with van der Waals surface area (Å²) in [5.41, 5.74) is 2.69. The first kappa shape index (κ1) is 16.7. The molecule has 3 rings (SSSR count). The molecule has 3 aromatic rings. The van der Waals surface area contributed by atoms with E-state index in [2.05, 4.69) is 10.3 Å². The zero-order valence-corrected chi connectivity index (χ0v) is 14.5. The van der Waals surface area contributed by atoms with E-state index in [0.717, 1.165) is 5.69 Å². The Kier molecular flexibility index (Phi) is 4.52. The van der Waals surface area contributed by atoms with E-state index in [1.54, 1.807) is 34.9 Å². The van der Waals surface area contributed by atoms with Gasteiger partial charge < -0.3 is 10.2 Å². The van der Waals surface area contributed by atoms with Gasteiger partial charge in [-0.3, -0.25) is 14.2 Å². The van der Waals surface area contributed by atoms with E-state index in [1.807, 2.05) is 38.1 Å². The van der Waals surface area contributed by atoms with E-state index in [4.69, 9.17) is 0 Å². The number of rotatable bonds is 4. The van der Waals surface area contributed by atoms with Crippen LogP contribution in [-0.4, -0.2) is 29.6 Å². The van der Waals surface area contributed by atoms with Crippen molar-refractivity contribution in [2.24, 2.45) is 0 Å². The lowest BCUT2D eigenvalue weighted by molar-refractivity contribution is 0.102. The lowest BCUT2D eigenvalue weighted by Crippen LogP contribution is -2.19. The van der Waals surface area contributed by atoms with Gasteiger partial charge >= 0.3 is 0 Å². The molecule has 0 bridgehead atoms. The molecule has 0 atom stereocenters. The third kappa shape index (κ3) is 3.38. The number of amides is 1. The molecule has 1 aromatic heterocycles. The molecule has 0 radical (unpaired) electrons. The Balaban J connectivity index is 1.85. The number of anilines is 2. The molecule has 0 saturated carbocycles. The SMILES string of the molecule is CCn1cnc2cc(NC(=O)c3ccc(N(C)C)cc3)ccc2c1=O. The Morgan fingerprint density at radius 3 is 2.52 bits per heavy atom. The van der Waals surface area contributed by atoms with Gasteiger partial charge in [0.25, 0.3) is 11.5 Å². The van der Waals surface area contributed by atoms with Gasteiger partial charge in [0.2, 0.25) is 0 Å². The van der Waals surface area contributed by atoms with Crippen LogP contribution >= 0.6 is 0 Å². The second-order valence-corrected chi connectivity index (χ2v) is 5.96. The fourth-order valence-corrected chi connectivity index (χ4v) is 2.58. The molecule has 2 aromatic carbocycles. The highest BCUT2D eigenvalue weighted by atomic mass is 16.1. The van der Waals surface area contributed by atoms with Crippen molar-refractivity contribution in [3.63, 3.8) is 0 Å². The highest BCUT2D eigenvalue weighted by Crippen LogP contribution is 2.17. The van der Waals surface area contributed by atoms with Gasteiger partial charge in [0, 0.05) is 37.6 Å². The van der Waals surface area contributed by atoms with Crippen molar-refractivity contribution in [3.8, 4) is 0 Å². The summed E-state index contributed by atoms with van der Waals surface area (Å²) >= 11 is 0. The third-order valence-electron chi connectivity index (χ3n) is 4.07. The molecule has 0 aliphatic carbocycles. The molecule has 25 heavy (non-hydrogen) atoms. The standard InChI is InChI=1S/C19H20N4O2/c1-4-23-12-20-17-11-14(7-10-16(17)19(23)25)21-18(24)13-5-8-15(9-6-13)22(2)3/h5-12H,4H2,1-3H3,(H,21,24). The second kappa shape index (κ2) is 6.76. The Morgan fingerprint density at radius 1 is 1.16 bits per heavy atom. The number of aryl methyl sites for hydroxylation is 1. The topological polar surface area (TPSA) is 67.2 Å². The number of aromatic nitrogens is 2. The Morgan fingerprint density at radius 2 is 1.88 bits per heavy atom. The summed E-state index contributed by atoms with van der Waals surface area (Å²) < 4.78 is 1.55. The normalized spacial score (nSPS) is 10.7. The molecule has 0 aliphatic heterocycles. The number of benzene rings is 2. The van der Waals surface area contributed by atoms with Gasteiger partial charge in [-0.15, -0.1) is 0 Å². The van der Waals surface area contributed by atoms with Gasteiger partial charge in [-0.2, -0.15) is 0 Å². The lowest BCUT2D eigenvalue weighted by Gasteiger charge is -2.12. The zero-order chi connectivity index (χ0) is 18.0. The van der Waals surface area contributed by atoms with Crippen LogP contribution in [0, 0.1) is 0 Å². The maximum atomic E-state index is 12.4. The number of nitrogens with one attached hydrogen (secondary N) is 1. The van der Waals surface area contributed by atoms with Crippen LogP contribution in [0.4, 0.5) is 11.4 Å². The van der Waals surface area contributed by atoms with Crippen molar-refractivity contribution in [1.82, 2.24) is 9.55 Å². The molecule has 0 unspecified atom stereocenters. The Hall–Kier alpha value is -3.15. The second-order valence-electron chi connectivity index (χ2n) is 5.96. The highest BCUT2D eigenvalue weighted by molar-refractivity contribution is 6.05. The van der Waals surface area contributed by atoms with Gasteiger partial charge in [0.05, 0.1) is 17.2 Å². The quantitative estimate of drug-likeness (QED) is 0.795. The summed E-state index contributed by atoms with van der Waals surface area (Å²) in [6.45, 7) is 2.47. The zero-order valence-electron chi connectivity index (χ0n) is 14.5. The number of hydrogen-bond acceptors (Lipinski definition) is 4. The van der Waals surface area contributed by atoms with Crippen LogP contribution in [0.2, 0.25) is 0 Å². The largest absolute Gasteiger partial charge is 0.378 e. The van der Waals surface area contributed by atoms with Crippen LogP contribution in [0.15, 0.2) is 53.6 Å². The monoisotopic (exact) mass is 336 g/mol. The predicted molar refractivity (Wildman–Crippen MR) is 100 cm³/mol. The molecular weight excluding hydrogens is 316 g/mol. The van der Waals surface area contributed by atoms with E-state index < -0.39 is 0 Å². The molecule has 0 aliphatic rings. The minimum atomic E-state index is -0.202. The summed E-state index contributed by atoms with van der Waals surface area (Å²) in [7, 11) is 3.90. The fourth-order valence-electron chi connectivity index (χ4n) is 2.58. The Bertz CT molecular complexity index is 975. The minimum Gasteiger partial charge on any atom is -0.378 e. The minimum absolute atomic E-state index is 0.0790. The first-order valence-corrected chi connectivity index (χ1v) is 8.07. The van der Waals surface area contributed by atoms with Crippen LogP contribution in [0.5, 0.6) is 0 Å². The van der Waals surface area contributed by atoms with Crippen molar-refractivity contribution in [3.05, 3.63) is 64.7 Å². The average molecular weight is 336 g/mol. The third-order valence-corrected chi connectivity index (χ3v) is 4.07. The van der Waals surface area contributed by atoms with Crippen molar-refractivity contribution >= 4 is 28.2 Å². The summed E-state index contributed by atoms with van der Waals surface area (Å²) in [5.74, 6) is -0.202.